The molecule has 0 spiro atoms. The first-order valence-electron chi connectivity index (χ1n) is 6.55. The average Bonchev–Trinajstić information content (AvgIpc) is 2.79. The number of hydrogen-bond acceptors (Lipinski definition) is 3. The summed E-state index contributed by atoms with van der Waals surface area (Å²) in [6.07, 6.45) is 3.37. The molecule has 110 valence electrons. The highest BCUT2D eigenvalue weighted by atomic mass is 79.9. The van der Waals surface area contributed by atoms with Gasteiger partial charge in [0.2, 0.25) is 0 Å². The molecule has 4 nitrogen and oxygen atoms in total. The van der Waals surface area contributed by atoms with E-state index in [1.54, 1.807) is 7.05 Å². The number of amides is 1. The summed E-state index contributed by atoms with van der Waals surface area (Å²) < 4.78 is 13.7. The van der Waals surface area contributed by atoms with Gasteiger partial charge in [0.05, 0.1) is 16.9 Å². The van der Waals surface area contributed by atoms with Gasteiger partial charge in [0.25, 0.3) is 5.91 Å². The predicted octanol–water partition coefficient (Wildman–Crippen LogP) is 2.55. The molecule has 1 aromatic rings. The lowest BCUT2D eigenvalue weighted by Gasteiger charge is -2.29. The Balaban J connectivity index is 2.16. The molecule has 0 atom stereocenters. The molecule has 1 aliphatic carbocycles. The van der Waals surface area contributed by atoms with Crippen molar-refractivity contribution >= 4 is 27.5 Å². The van der Waals surface area contributed by atoms with Crippen molar-refractivity contribution in [3.63, 3.8) is 0 Å². The lowest BCUT2D eigenvalue weighted by Crippen LogP contribution is -2.42. The lowest BCUT2D eigenvalue weighted by atomic mass is 10.0. The number of carbonyl (C=O) groups excluding carboxylic acids is 1. The number of benzene rings is 1. The Kier molecular flexibility index (Phi) is 4.34. The molecule has 1 aliphatic rings. The van der Waals surface area contributed by atoms with E-state index in [4.69, 9.17) is 5.73 Å². The molecule has 3 N–H and O–H groups in total. The van der Waals surface area contributed by atoms with E-state index in [9.17, 15) is 14.3 Å². The van der Waals surface area contributed by atoms with Gasteiger partial charge in [-0.2, -0.15) is 0 Å². The molecule has 1 saturated carbocycles. The Hall–Kier alpha value is -1.14. The summed E-state index contributed by atoms with van der Waals surface area (Å²) in [5.41, 5.74) is 4.93. The van der Waals surface area contributed by atoms with Crippen LogP contribution in [-0.2, 0) is 0 Å². The van der Waals surface area contributed by atoms with Gasteiger partial charge in [-0.3, -0.25) is 4.79 Å². The van der Waals surface area contributed by atoms with E-state index in [1.165, 1.54) is 17.0 Å². The van der Waals surface area contributed by atoms with Crippen LogP contribution in [0.3, 0.4) is 0 Å². The zero-order chi connectivity index (χ0) is 14.9. The normalized spacial score (nSPS) is 17.2. The van der Waals surface area contributed by atoms with Crippen molar-refractivity contribution in [1.82, 2.24) is 4.90 Å². The Morgan fingerprint density at radius 2 is 2.10 bits per heavy atom. The molecule has 2 rings (SSSR count). The molecular weight excluding hydrogens is 327 g/mol. The van der Waals surface area contributed by atoms with Gasteiger partial charge in [0.15, 0.2) is 0 Å². The minimum atomic E-state index is -0.803. The number of aliphatic hydroxyl groups is 1. The summed E-state index contributed by atoms with van der Waals surface area (Å²) in [5, 5.41) is 10.3. The van der Waals surface area contributed by atoms with Gasteiger partial charge in [-0.15, -0.1) is 0 Å². The number of likely N-dealkylation sites (N-methyl/N-ethyl adjacent to an activating group) is 1. The Morgan fingerprint density at radius 1 is 1.50 bits per heavy atom. The van der Waals surface area contributed by atoms with Gasteiger partial charge in [0.1, 0.15) is 5.82 Å². The summed E-state index contributed by atoms with van der Waals surface area (Å²) >= 11 is 3.17. The number of anilines is 1. The quantitative estimate of drug-likeness (QED) is 0.828. The second-order valence-corrected chi connectivity index (χ2v) is 6.30. The number of carbonyl (C=O) groups is 1. The molecule has 0 heterocycles. The fourth-order valence-electron chi connectivity index (χ4n) is 2.64. The number of halogens is 2. The minimum Gasteiger partial charge on any atom is -0.396 e. The van der Waals surface area contributed by atoms with Crippen molar-refractivity contribution in [3.05, 3.63) is 28.0 Å². The SMILES string of the molecule is CN(CC1(O)CCCC1)C(=O)c1cc(N)c(F)cc1Br. The highest BCUT2D eigenvalue weighted by molar-refractivity contribution is 9.10. The zero-order valence-electron chi connectivity index (χ0n) is 11.3. The number of nitrogens with zero attached hydrogens (tertiary/aromatic N) is 1. The first kappa shape index (κ1) is 15.3. The van der Waals surface area contributed by atoms with Gasteiger partial charge in [-0.25, -0.2) is 4.39 Å². The fourth-order valence-corrected chi connectivity index (χ4v) is 3.12. The van der Waals surface area contributed by atoms with Crippen LogP contribution in [0.5, 0.6) is 0 Å². The van der Waals surface area contributed by atoms with E-state index in [-0.39, 0.29) is 18.1 Å². The van der Waals surface area contributed by atoms with Crippen LogP contribution in [0.25, 0.3) is 0 Å². The van der Waals surface area contributed by atoms with Crippen molar-refractivity contribution in [2.75, 3.05) is 19.3 Å². The monoisotopic (exact) mass is 344 g/mol. The van der Waals surface area contributed by atoms with Crippen LogP contribution in [0.1, 0.15) is 36.0 Å². The average molecular weight is 345 g/mol. The molecule has 20 heavy (non-hydrogen) atoms. The lowest BCUT2D eigenvalue weighted by molar-refractivity contribution is 0.0156. The standard InChI is InChI=1S/C14H18BrFN2O2/c1-18(8-14(20)4-2-3-5-14)13(19)9-6-12(17)11(16)7-10(9)15/h6-7,20H,2-5,8,17H2,1H3. The topological polar surface area (TPSA) is 66.6 Å². The minimum absolute atomic E-state index is 0.0653. The summed E-state index contributed by atoms with van der Waals surface area (Å²) in [6.45, 7) is 0.273. The summed E-state index contributed by atoms with van der Waals surface area (Å²) in [6, 6.07) is 2.50. The van der Waals surface area contributed by atoms with Crippen molar-refractivity contribution in [1.29, 1.82) is 0 Å². The molecule has 1 fully saturated rings. The van der Waals surface area contributed by atoms with Crippen molar-refractivity contribution < 1.29 is 14.3 Å². The van der Waals surface area contributed by atoms with E-state index < -0.39 is 11.4 Å². The molecular formula is C14H18BrFN2O2. The maximum absolute atomic E-state index is 13.3. The van der Waals surface area contributed by atoms with E-state index in [0.29, 0.717) is 22.9 Å². The largest absolute Gasteiger partial charge is 0.396 e. The summed E-state index contributed by atoms with van der Waals surface area (Å²) in [4.78, 5) is 13.8. The van der Waals surface area contributed by atoms with Crippen LogP contribution >= 0.6 is 15.9 Å². The predicted molar refractivity (Wildman–Crippen MR) is 78.9 cm³/mol. The van der Waals surface area contributed by atoms with Crippen LogP contribution in [0, 0.1) is 5.82 Å². The third-order valence-electron chi connectivity index (χ3n) is 3.73. The Labute approximate surface area is 125 Å². The second-order valence-electron chi connectivity index (χ2n) is 5.45. The van der Waals surface area contributed by atoms with Crippen molar-refractivity contribution in [2.45, 2.75) is 31.3 Å². The smallest absolute Gasteiger partial charge is 0.254 e. The second kappa shape index (κ2) is 5.69. The molecule has 0 aliphatic heterocycles. The summed E-state index contributed by atoms with van der Waals surface area (Å²) in [5.74, 6) is -0.852. The van der Waals surface area contributed by atoms with E-state index in [1.807, 2.05) is 0 Å². The van der Waals surface area contributed by atoms with Gasteiger partial charge in [0, 0.05) is 18.1 Å². The number of nitrogen functional groups attached to an aromatic ring is 1. The highest BCUT2D eigenvalue weighted by Crippen LogP contribution is 2.31. The van der Waals surface area contributed by atoms with Crippen LogP contribution in [0.15, 0.2) is 16.6 Å². The van der Waals surface area contributed by atoms with Crippen LogP contribution in [-0.4, -0.2) is 35.1 Å². The van der Waals surface area contributed by atoms with Crippen LogP contribution < -0.4 is 5.73 Å². The highest BCUT2D eigenvalue weighted by Gasteiger charge is 2.34. The number of rotatable bonds is 3. The maximum Gasteiger partial charge on any atom is 0.254 e. The van der Waals surface area contributed by atoms with Gasteiger partial charge in [-0.1, -0.05) is 12.8 Å². The van der Waals surface area contributed by atoms with Crippen LogP contribution in [0.2, 0.25) is 0 Å². The first-order chi connectivity index (χ1) is 9.32. The van der Waals surface area contributed by atoms with Crippen molar-refractivity contribution in [2.24, 2.45) is 0 Å². The molecule has 0 bridgehead atoms. The third-order valence-corrected chi connectivity index (χ3v) is 4.39. The number of hydrogen-bond donors (Lipinski definition) is 2. The molecule has 6 heteroatoms. The molecule has 0 radical (unpaired) electrons. The van der Waals surface area contributed by atoms with E-state index in [0.717, 1.165) is 12.8 Å². The number of nitrogens with two attached hydrogens (primary N) is 1. The third kappa shape index (κ3) is 3.12. The zero-order valence-corrected chi connectivity index (χ0v) is 12.9. The van der Waals surface area contributed by atoms with Gasteiger partial charge < -0.3 is 15.7 Å². The van der Waals surface area contributed by atoms with E-state index in [2.05, 4.69) is 15.9 Å². The van der Waals surface area contributed by atoms with Gasteiger partial charge >= 0.3 is 0 Å². The first-order valence-corrected chi connectivity index (χ1v) is 7.34. The van der Waals surface area contributed by atoms with Crippen molar-refractivity contribution in [3.8, 4) is 0 Å². The van der Waals surface area contributed by atoms with E-state index >= 15 is 0 Å². The molecule has 1 amide bonds. The fraction of sp³-hybridized carbons (Fsp3) is 0.500. The van der Waals surface area contributed by atoms with Crippen LogP contribution in [0.4, 0.5) is 10.1 Å². The Bertz CT molecular complexity index is 530. The molecule has 0 aromatic heterocycles. The summed E-state index contributed by atoms with van der Waals surface area (Å²) in [7, 11) is 1.63. The Morgan fingerprint density at radius 3 is 2.70 bits per heavy atom. The molecule has 0 saturated heterocycles. The van der Waals surface area contributed by atoms with Gasteiger partial charge in [-0.05, 0) is 40.9 Å². The molecule has 0 unspecified atom stereocenters. The maximum atomic E-state index is 13.3. The molecule has 1 aromatic carbocycles.